The summed E-state index contributed by atoms with van der Waals surface area (Å²) in [7, 11) is 0. The molecule has 4 nitrogen and oxygen atoms in total. The van der Waals surface area contributed by atoms with E-state index in [1.807, 2.05) is 13.8 Å². The Morgan fingerprint density at radius 2 is 2.21 bits per heavy atom. The lowest BCUT2D eigenvalue weighted by molar-refractivity contribution is -0.156. The van der Waals surface area contributed by atoms with Crippen LogP contribution in [0.1, 0.15) is 13.8 Å². The molecule has 3 atom stereocenters. The average molecular weight is 233 g/mol. The highest BCUT2D eigenvalue weighted by atomic mass is 32.2. The SMILES string of the molecule is CC1(C)S[C@@H]2[C@@H](S)C(=O)N2[C@H]1C(=O)O. The molecule has 0 aromatic carbocycles. The lowest BCUT2D eigenvalue weighted by Gasteiger charge is -2.41. The number of carboxylic acid groups (broad SMARTS) is 1. The molecule has 0 aliphatic carbocycles. The van der Waals surface area contributed by atoms with E-state index in [0.717, 1.165) is 0 Å². The second-order valence-electron chi connectivity index (χ2n) is 4.04. The van der Waals surface area contributed by atoms with Crippen molar-refractivity contribution < 1.29 is 14.7 Å². The van der Waals surface area contributed by atoms with Gasteiger partial charge in [0.2, 0.25) is 5.91 Å². The van der Waals surface area contributed by atoms with E-state index in [4.69, 9.17) is 5.11 Å². The van der Waals surface area contributed by atoms with Crippen LogP contribution in [0.2, 0.25) is 0 Å². The van der Waals surface area contributed by atoms with Crippen molar-refractivity contribution in [3.63, 3.8) is 0 Å². The van der Waals surface area contributed by atoms with Crippen LogP contribution in [0.5, 0.6) is 0 Å². The van der Waals surface area contributed by atoms with Crippen molar-refractivity contribution in [2.75, 3.05) is 0 Å². The van der Waals surface area contributed by atoms with Gasteiger partial charge in [-0.25, -0.2) is 4.79 Å². The second-order valence-corrected chi connectivity index (χ2v) is 6.37. The summed E-state index contributed by atoms with van der Waals surface area (Å²) in [6.45, 7) is 3.70. The van der Waals surface area contributed by atoms with Crippen molar-refractivity contribution in [1.29, 1.82) is 0 Å². The minimum atomic E-state index is -0.932. The Morgan fingerprint density at radius 1 is 1.64 bits per heavy atom. The van der Waals surface area contributed by atoms with Gasteiger partial charge in [0, 0.05) is 4.75 Å². The number of hydrogen-bond donors (Lipinski definition) is 2. The zero-order valence-corrected chi connectivity index (χ0v) is 9.51. The summed E-state index contributed by atoms with van der Waals surface area (Å²) in [5.41, 5.74) is 0. The first kappa shape index (κ1) is 10.2. The molecule has 0 spiro atoms. The minimum Gasteiger partial charge on any atom is -0.480 e. The number of carbonyl (C=O) groups excluding carboxylic acids is 1. The second kappa shape index (κ2) is 2.82. The standard InChI is InChI=1S/C8H11NO3S2/c1-8(2)4(7(11)12)9-5(10)3(13)6(9)14-8/h3-4,6,13H,1-2H3,(H,11,12)/t3-,4-,6+/m0/s1. The van der Waals surface area contributed by atoms with E-state index < -0.39 is 16.8 Å². The van der Waals surface area contributed by atoms with Gasteiger partial charge in [0.05, 0.1) is 5.37 Å². The molecule has 6 heteroatoms. The van der Waals surface area contributed by atoms with E-state index in [0.29, 0.717) is 0 Å². The maximum atomic E-state index is 11.4. The fraction of sp³-hybridized carbons (Fsp3) is 0.750. The van der Waals surface area contributed by atoms with Crippen LogP contribution < -0.4 is 0 Å². The summed E-state index contributed by atoms with van der Waals surface area (Å²) >= 11 is 5.65. The van der Waals surface area contributed by atoms with Crippen LogP contribution in [-0.2, 0) is 9.59 Å². The fourth-order valence-electron chi connectivity index (χ4n) is 1.99. The largest absolute Gasteiger partial charge is 0.480 e. The van der Waals surface area contributed by atoms with Gasteiger partial charge in [-0.1, -0.05) is 0 Å². The lowest BCUT2D eigenvalue weighted by Crippen LogP contribution is -2.63. The number of amides is 1. The molecule has 0 aromatic heterocycles. The number of β-lactam (4-membered cyclic amide) rings is 1. The summed E-state index contributed by atoms with van der Waals surface area (Å²) in [4.78, 5) is 23.9. The maximum absolute atomic E-state index is 11.4. The Balaban J connectivity index is 2.32. The number of hydrogen-bond acceptors (Lipinski definition) is 4. The summed E-state index contributed by atoms with van der Waals surface area (Å²) in [5, 5.41) is 8.65. The van der Waals surface area contributed by atoms with Gasteiger partial charge >= 0.3 is 5.97 Å². The minimum absolute atomic E-state index is 0.0677. The first-order valence-corrected chi connectivity index (χ1v) is 5.67. The average Bonchev–Trinajstić information content (AvgIpc) is 2.34. The molecule has 14 heavy (non-hydrogen) atoms. The van der Waals surface area contributed by atoms with Gasteiger partial charge in [-0.2, -0.15) is 12.6 Å². The Labute approximate surface area is 91.4 Å². The van der Waals surface area contributed by atoms with Gasteiger partial charge < -0.3 is 10.0 Å². The zero-order chi connectivity index (χ0) is 10.7. The van der Waals surface area contributed by atoms with Crippen molar-refractivity contribution in [2.45, 2.75) is 35.3 Å². The van der Waals surface area contributed by atoms with E-state index in [9.17, 15) is 9.59 Å². The molecule has 78 valence electrons. The molecule has 2 saturated heterocycles. The van der Waals surface area contributed by atoms with Gasteiger partial charge in [-0.05, 0) is 13.8 Å². The summed E-state index contributed by atoms with van der Waals surface area (Å²) in [5.74, 6) is -1.10. The number of nitrogens with zero attached hydrogens (tertiary/aromatic N) is 1. The molecule has 2 heterocycles. The smallest absolute Gasteiger partial charge is 0.327 e. The predicted molar refractivity (Wildman–Crippen MR) is 56.5 cm³/mol. The van der Waals surface area contributed by atoms with Crippen LogP contribution in [0.3, 0.4) is 0 Å². The topological polar surface area (TPSA) is 57.6 Å². The first-order valence-electron chi connectivity index (χ1n) is 4.27. The number of thiol groups is 1. The predicted octanol–water partition coefficient (Wildman–Crippen LogP) is 0.432. The van der Waals surface area contributed by atoms with E-state index in [1.54, 1.807) is 0 Å². The highest BCUT2D eigenvalue weighted by molar-refractivity contribution is 8.02. The van der Waals surface area contributed by atoms with Crippen molar-refractivity contribution >= 4 is 36.3 Å². The van der Waals surface area contributed by atoms with Gasteiger partial charge in [0.25, 0.3) is 0 Å². The van der Waals surface area contributed by atoms with Gasteiger partial charge in [-0.15, -0.1) is 11.8 Å². The lowest BCUT2D eigenvalue weighted by atomic mass is 9.98. The van der Waals surface area contributed by atoms with Crippen LogP contribution in [0.4, 0.5) is 0 Å². The number of carbonyl (C=O) groups is 2. The highest BCUT2D eigenvalue weighted by Gasteiger charge is 2.62. The van der Waals surface area contributed by atoms with Gasteiger partial charge in [0.15, 0.2) is 0 Å². The molecule has 1 amide bonds. The highest BCUT2D eigenvalue weighted by Crippen LogP contribution is 2.52. The van der Waals surface area contributed by atoms with Crippen molar-refractivity contribution in [2.24, 2.45) is 0 Å². The van der Waals surface area contributed by atoms with E-state index in [1.165, 1.54) is 16.7 Å². The molecule has 0 saturated carbocycles. The normalized spacial score (nSPS) is 39.2. The molecular weight excluding hydrogens is 222 g/mol. The number of carboxylic acids is 1. The molecule has 2 fully saturated rings. The van der Waals surface area contributed by atoms with Crippen molar-refractivity contribution in [3.05, 3.63) is 0 Å². The molecule has 1 N–H and O–H groups in total. The van der Waals surface area contributed by atoms with E-state index in [2.05, 4.69) is 12.6 Å². The number of rotatable bonds is 1. The van der Waals surface area contributed by atoms with Crippen LogP contribution in [0, 0.1) is 0 Å². The first-order chi connectivity index (χ1) is 6.36. The fourth-order valence-corrected chi connectivity index (χ4v) is 4.00. The Kier molecular flexibility index (Phi) is 2.05. The molecule has 0 radical (unpaired) electrons. The third-order valence-corrected chi connectivity index (χ3v) is 4.92. The molecule has 0 bridgehead atoms. The van der Waals surface area contributed by atoms with Crippen LogP contribution in [0.15, 0.2) is 0 Å². The van der Waals surface area contributed by atoms with Crippen LogP contribution in [0.25, 0.3) is 0 Å². The Hall–Kier alpha value is -0.360. The third kappa shape index (κ3) is 1.10. The quantitative estimate of drug-likeness (QED) is 0.509. The summed E-state index contributed by atoms with van der Waals surface area (Å²) < 4.78 is -0.427. The Bertz CT molecular complexity index is 318. The van der Waals surface area contributed by atoms with Gasteiger partial charge in [-0.3, -0.25) is 4.79 Å². The molecule has 0 aromatic rings. The zero-order valence-electron chi connectivity index (χ0n) is 7.80. The van der Waals surface area contributed by atoms with E-state index in [-0.39, 0.29) is 16.5 Å². The molecule has 0 unspecified atom stereocenters. The summed E-state index contributed by atoms with van der Waals surface area (Å²) in [6, 6.07) is -0.714. The van der Waals surface area contributed by atoms with Crippen molar-refractivity contribution in [1.82, 2.24) is 4.90 Å². The molecule has 2 aliphatic heterocycles. The van der Waals surface area contributed by atoms with Crippen LogP contribution in [-0.4, -0.2) is 43.3 Å². The number of aliphatic carboxylic acids is 1. The third-order valence-electron chi connectivity index (χ3n) is 2.65. The number of fused-ring (bicyclic) bond motifs is 1. The maximum Gasteiger partial charge on any atom is 0.327 e. The van der Waals surface area contributed by atoms with Crippen molar-refractivity contribution in [3.8, 4) is 0 Å². The Morgan fingerprint density at radius 3 is 2.71 bits per heavy atom. The van der Waals surface area contributed by atoms with Crippen LogP contribution >= 0.6 is 24.4 Å². The monoisotopic (exact) mass is 233 g/mol. The van der Waals surface area contributed by atoms with Gasteiger partial charge in [0.1, 0.15) is 11.3 Å². The molecule has 2 rings (SSSR count). The van der Waals surface area contributed by atoms with E-state index >= 15 is 0 Å². The number of thioether (sulfide) groups is 1. The summed E-state index contributed by atoms with van der Waals surface area (Å²) in [6.07, 6.45) is 0. The molecular formula is C8H11NO3S2. The molecule has 2 aliphatic rings.